The number of nitrogens with zero attached hydrogens (tertiary/aromatic N) is 1. The van der Waals surface area contributed by atoms with Crippen LogP contribution in [0.3, 0.4) is 0 Å². The molecule has 1 aromatic carbocycles. The molecule has 14 heavy (non-hydrogen) atoms. The summed E-state index contributed by atoms with van der Waals surface area (Å²) in [5.41, 5.74) is 1.42. The average molecular weight is 191 g/mol. The number of benzene rings is 1. The van der Waals surface area contributed by atoms with E-state index in [9.17, 15) is 0 Å². The minimum absolute atomic E-state index is 0.974. The molecule has 0 bridgehead atoms. The van der Waals surface area contributed by atoms with Gasteiger partial charge in [0.05, 0.1) is 19.6 Å². The van der Waals surface area contributed by atoms with Gasteiger partial charge in [-0.2, -0.15) is 0 Å². The van der Waals surface area contributed by atoms with Crippen LogP contribution in [0.4, 0.5) is 0 Å². The largest absolute Gasteiger partial charge is 0.320 e. The zero-order chi connectivity index (χ0) is 10.4. The van der Waals surface area contributed by atoms with Crippen LogP contribution >= 0.6 is 0 Å². The summed E-state index contributed by atoms with van der Waals surface area (Å²) in [4.78, 5) is 0. The lowest BCUT2D eigenvalue weighted by atomic mass is 10.2. The zero-order valence-electron chi connectivity index (χ0n) is 9.37. The Bertz CT molecular complexity index is 241. The van der Waals surface area contributed by atoms with E-state index in [4.69, 9.17) is 0 Å². The first-order valence-corrected chi connectivity index (χ1v) is 5.44. The van der Waals surface area contributed by atoms with Gasteiger partial charge < -0.3 is 4.48 Å². The smallest absolute Gasteiger partial charge is 0.104 e. The number of rotatable bonds is 5. The molecule has 0 spiro atoms. The van der Waals surface area contributed by atoms with Gasteiger partial charge in [0.1, 0.15) is 6.54 Å². The summed E-state index contributed by atoms with van der Waals surface area (Å²) in [6.45, 7) is 13.0. The van der Waals surface area contributed by atoms with Crippen LogP contribution in [0.25, 0.3) is 0 Å². The second-order valence-electron chi connectivity index (χ2n) is 3.84. The van der Waals surface area contributed by atoms with Crippen molar-refractivity contribution in [3.05, 3.63) is 42.8 Å². The predicted octanol–water partition coefficient (Wildman–Crippen LogP) is 2.88. The molecule has 1 nitrogen and oxygen atoms in total. The molecule has 1 aromatic rings. The Morgan fingerprint density at radius 1 is 1.07 bits per heavy atom. The minimum atomic E-state index is 0.974. The van der Waals surface area contributed by atoms with Gasteiger partial charge in [0, 0.05) is 12.5 Å². The molecular weight excluding hydrogens is 170 g/mol. The molecule has 0 fully saturated rings. The first-order valence-electron chi connectivity index (χ1n) is 5.44. The Morgan fingerprint density at radius 2 is 1.64 bits per heavy atom. The van der Waals surface area contributed by atoms with Gasteiger partial charge >= 0.3 is 0 Å². The molecule has 0 N–H and O–H groups in total. The van der Waals surface area contributed by atoms with Crippen molar-refractivity contribution in [3.8, 4) is 0 Å². The molecule has 1 radical (unpaired) electrons. The molecule has 0 aliphatic carbocycles. The molecule has 1 heteroatoms. The van der Waals surface area contributed by atoms with Gasteiger partial charge in [0.15, 0.2) is 0 Å². The lowest BCUT2D eigenvalue weighted by Crippen LogP contribution is -2.46. The molecule has 0 aliphatic rings. The normalized spacial score (nSPS) is 11.6. The second kappa shape index (κ2) is 5.16. The Labute approximate surface area is 88.0 Å². The fourth-order valence-corrected chi connectivity index (χ4v) is 1.81. The highest BCUT2D eigenvalue weighted by Crippen LogP contribution is 2.13. The van der Waals surface area contributed by atoms with Crippen molar-refractivity contribution in [1.29, 1.82) is 0 Å². The molecular formula is C13H21N+. The van der Waals surface area contributed by atoms with E-state index in [0.29, 0.717) is 0 Å². The van der Waals surface area contributed by atoms with E-state index in [-0.39, 0.29) is 0 Å². The van der Waals surface area contributed by atoms with Gasteiger partial charge in [-0.1, -0.05) is 30.3 Å². The molecule has 0 unspecified atom stereocenters. The van der Waals surface area contributed by atoms with Crippen molar-refractivity contribution in [1.82, 2.24) is 0 Å². The van der Waals surface area contributed by atoms with Gasteiger partial charge in [-0.05, 0) is 13.8 Å². The molecule has 0 amide bonds. The van der Waals surface area contributed by atoms with Crippen molar-refractivity contribution in [3.63, 3.8) is 0 Å². The van der Waals surface area contributed by atoms with Crippen LogP contribution in [0, 0.1) is 6.92 Å². The maximum Gasteiger partial charge on any atom is 0.104 e. The summed E-state index contributed by atoms with van der Waals surface area (Å²) in [6.07, 6.45) is 0. The maximum absolute atomic E-state index is 4.07. The Kier molecular flexibility index (Phi) is 4.15. The van der Waals surface area contributed by atoms with Gasteiger partial charge in [0.25, 0.3) is 0 Å². The molecule has 0 saturated carbocycles. The summed E-state index contributed by atoms with van der Waals surface area (Å²) < 4.78 is 1.09. The third kappa shape index (κ3) is 2.58. The summed E-state index contributed by atoms with van der Waals surface area (Å²) in [5, 5.41) is 0. The van der Waals surface area contributed by atoms with Crippen LogP contribution in [0.15, 0.2) is 30.3 Å². The molecule has 0 heterocycles. The van der Waals surface area contributed by atoms with Crippen LogP contribution in [0.1, 0.15) is 19.4 Å². The second-order valence-corrected chi connectivity index (χ2v) is 3.84. The highest BCUT2D eigenvalue weighted by atomic mass is 15.3. The van der Waals surface area contributed by atoms with Crippen molar-refractivity contribution in [2.75, 3.05) is 19.6 Å². The van der Waals surface area contributed by atoms with E-state index in [0.717, 1.165) is 30.7 Å². The number of quaternary nitrogens is 1. The lowest BCUT2D eigenvalue weighted by molar-refractivity contribution is -0.932. The van der Waals surface area contributed by atoms with E-state index >= 15 is 0 Å². The molecule has 0 saturated heterocycles. The summed E-state index contributed by atoms with van der Waals surface area (Å²) >= 11 is 0. The Morgan fingerprint density at radius 3 is 2.07 bits per heavy atom. The third-order valence-electron chi connectivity index (χ3n) is 3.18. The zero-order valence-corrected chi connectivity index (χ0v) is 9.37. The van der Waals surface area contributed by atoms with Crippen molar-refractivity contribution in [2.45, 2.75) is 20.4 Å². The fraction of sp³-hybridized carbons (Fsp3) is 0.462. The van der Waals surface area contributed by atoms with Gasteiger partial charge in [-0.3, -0.25) is 0 Å². The summed E-state index contributed by atoms with van der Waals surface area (Å²) in [6, 6.07) is 10.7. The lowest BCUT2D eigenvalue weighted by Gasteiger charge is -2.35. The monoisotopic (exact) mass is 191 g/mol. The predicted molar refractivity (Wildman–Crippen MR) is 61.7 cm³/mol. The number of hydrogen-bond acceptors (Lipinski definition) is 0. The topological polar surface area (TPSA) is 0 Å². The van der Waals surface area contributed by atoms with E-state index in [1.165, 1.54) is 5.56 Å². The van der Waals surface area contributed by atoms with Gasteiger partial charge in [0.2, 0.25) is 0 Å². The highest BCUT2D eigenvalue weighted by Gasteiger charge is 2.20. The van der Waals surface area contributed by atoms with Crippen LogP contribution in [-0.2, 0) is 6.54 Å². The average Bonchev–Trinajstić information content (AvgIpc) is 2.28. The van der Waals surface area contributed by atoms with Gasteiger partial charge in [-0.15, -0.1) is 0 Å². The molecule has 77 valence electrons. The standard InChI is InChI=1S/C13H21N/c1-4-14(5-2,6-3)12-13-10-8-7-9-11-13/h7-11H,1,4-6,12H2,2-3H3/q+1. The number of hydrogen-bond donors (Lipinski definition) is 0. The fourth-order valence-electron chi connectivity index (χ4n) is 1.81. The molecule has 0 atom stereocenters. The van der Waals surface area contributed by atoms with E-state index in [2.05, 4.69) is 51.1 Å². The first kappa shape index (κ1) is 11.3. The molecule has 1 rings (SSSR count). The van der Waals surface area contributed by atoms with Crippen LogP contribution < -0.4 is 0 Å². The van der Waals surface area contributed by atoms with E-state index in [1.54, 1.807) is 0 Å². The highest BCUT2D eigenvalue weighted by molar-refractivity contribution is 5.13. The van der Waals surface area contributed by atoms with Crippen molar-refractivity contribution in [2.24, 2.45) is 0 Å². The third-order valence-corrected chi connectivity index (χ3v) is 3.18. The summed E-state index contributed by atoms with van der Waals surface area (Å²) in [5.74, 6) is 0. The molecule has 0 aliphatic heterocycles. The van der Waals surface area contributed by atoms with E-state index in [1.807, 2.05) is 0 Å². The Balaban J connectivity index is 2.74. The minimum Gasteiger partial charge on any atom is -0.320 e. The first-order chi connectivity index (χ1) is 6.76. The van der Waals surface area contributed by atoms with Crippen LogP contribution in [-0.4, -0.2) is 24.1 Å². The quantitative estimate of drug-likeness (QED) is 0.628. The molecule has 0 aromatic heterocycles. The summed E-state index contributed by atoms with van der Waals surface area (Å²) in [7, 11) is 0. The van der Waals surface area contributed by atoms with E-state index < -0.39 is 0 Å². The van der Waals surface area contributed by atoms with Crippen molar-refractivity contribution >= 4 is 0 Å². The maximum atomic E-state index is 4.07. The Hall–Kier alpha value is -0.820. The van der Waals surface area contributed by atoms with Crippen LogP contribution in [0.2, 0.25) is 0 Å². The SMILES string of the molecule is [CH2]C[N+](CC)(CC)Cc1ccccc1. The van der Waals surface area contributed by atoms with Crippen molar-refractivity contribution < 1.29 is 4.48 Å². The van der Waals surface area contributed by atoms with Gasteiger partial charge in [-0.25, -0.2) is 0 Å². The van der Waals surface area contributed by atoms with Crippen LogP contribution in [0.5, 0.6) is 0 Å².